The average Bonchev–Trinajstić information content (AvgIpc) is 3.17. The fourth-order valence-corrected chi connectivity index (χ4v) is 5.66. The minimum absolute atomic E-state index is 0.0849. The van der Waals surface area contributed by atoms with Crippen molar-refractivity contribution in [1.29, 1.82) is 0 Å². The summed E-state index contributed by atoms with van der Waals surface area (Å²) >= 11 is 0. The van der Waals surface area contributed by atoms with Crippen molar-refractivity contribution >= 4 is 41.5 Å². The van der Waals surface area contributed by atoms with Gasteiger partial charge in [0, 0.05) is 78.2 Å². The van der Waals surface area contributed by atoms with Crippen molar-refractivity contribution in [2.75, 3.05) is 46.1 Å². The van der Waals surface area contributed by atoms with Crippen LogP contribution in [-0.2, 0) is 43.0 Å². The highest BCUT2D eigenvalue weighted by Crippen LogP contribution is 2.12. The zero-order valence-electron chi connectivity index (χ0n) is 34.0. The normalized spacial score (nSPS) is 12.0. The molecule has 0 aliphatic heterocycles. The summed E-state index contributed by atoms with van der Waals surface area (Å²) in [6, 6.07) is -2.15. The number of nitrogens with two attached hydrogens (primary N) is 1. The predicted octanol–water partition coefficient (Wildman–Crippen LogP) is 2.91. The Bertz CT molecular complexity index is 1130. The number of unbranched alkanes of at least 4 members (excludes halogenated alkanes) is 11. The van der Waals surface area contributed by atoms with Gasteiger partial charge in [0.2, 0.25) is 23.6 Å². The van der Waals surface area contributed by atoms with Crippen LogP contribution in [0.15, 0.2) is 0 Å². The highest BCUT2D eigenvalue weighted by molar-refractivity contribution is 5.87. The molecule has 57 heavy (non-hydrogen) atoms. The molecule has 0 aliphatic carbocycles. The molecule has 0 spiro atoms. The molecule has 0 saturated heterocycles. The van der Waals surface area contributed by atoms with E-state index in [1.54, 1.807) is 0 Å². The number of ether oxygens (including phenoxy) is 2. The monoisotopic (exact) mass is 817 g/mol. The van der Waals surface area contributed by atoms with E-state index in [9.17, 15) is 38.7 Å². The van der Waals surface area contributed by atoms with Crippen LogP contribution in [0.4, 0.5) is 0 Å². The molecule has 10 N–H and O–H groups in total. The average molecular weight is 817 g/mol. The number of rotatable bonds is 41. The van der Waals surface area contributed by atoms with Crippen molar-refractivity contribution in [1.82, 2.24) is 26.7 Å². The third-order valence-corrected chi connectivity index (χ3v) is 9.06. The van der Waals surface area contributed by atoms with Gasteiger partial charge >= 0.3 is 17.9 Å². The number of carboxylic acids is 3. The Hall–Kier alpha value is -3.87. The first-order chi connectivity index (χ1) is 27.5. The molecule has 18 nitrogen and oxygen atoms in total. The third kappa shape index (κ3) is 36.2. The number of hydrogen-bond acceptors (Lipinski definition) is 11. The van der Waals surface area contributed by atoms with Crippen LogP contribution in [0.3, 0.4) is 0 Å². The summed E-state index contributed by atoms with van der Waals surface area (Å²) in [5.41, 5.74) is 2.20. The topological polar surface area (TPSA) is 285 Å². The van der Waals surface area contributed by atoms with Gasteiger partial charge in [0.1, 0.15) is 12.1 Å². The first-order valence-corrected chi connectivity index (χ1v) is 20.8. The molecule has 0 unspecified atom stereocenters. The van der Waals surface area contributed by atoms with Crippen LogP contribution >= 0.6 is 0 Å². The van der Waals surface area contributed by atoms with Crippen LogP contribution < -0.4 is 32.5 Å². The lowest BCUT2D eigenvalue weighted by Gasteiger charge is -2.14. The second-order valence-corrected chi connectivity index (χ2v) is 14.2. The Labute approximate surface area is 337 Å². The Balaban J connectivity index is 3.63. The van der Waals surface area contributed by atoms with Crippen LogP contribution in [0.1, 0.15) is 148 Å². The molecule has 0 aromatic heterocycles. The van der Waals surface area contributed by atoms with E-state index >= 15 is 0 Å². The first-order valence-electron chi connectivity index (χ1n) is 20.8. The summed E-state index contributed by atoms with van der Waals surface area (Å²) in [7, 11) is 0. The molecule has 0 fully saturated rings. The van der Waals surface area contributed by atoms with E-state index in [4.69, 9.17) is 25.5 Å². The van der Waals surface area contributed by atoms with Gasteiger partial charge in [-0.3, -0.25) is 34.6 Å². The molecule has 18 heteroatoms. The Kier molecular flexibility index (Phi) is 35.1. The summed E-state index contributed by atoms with van der Waals surface area (Å²) in [6.45, 7) is 3.48. The molecule has 0 heterocycles. The van der Waals surface area contributed by atoms with Crippen molar-refractivity contribution in [3.05, 3.63) is 0 Å². The van der Waals surface area contributed by atoms with Crippen LogP contribution in [-0.4, -0.2) is 115 Å². The summed E-state index contributed by atoms with van der Waals surface area (Å²) in [5, 5.41) is 37.6. The van der Waals surface area contributed by atoms with E-state index in [2.05, 4.69) is 26.7 Å². The van der Waals surface area contributed by atoms with E-state index in [0.29, 0.717) is 71.6 Å². The first kappa shape index (κ1) is 53.1. The lowest BCUT2D eigenvalue weighted by atomic mass is 10.1. The number of aliphatic carboxylic acids is 3. The van der Waals surface area contributed by atoms with Crippen molar-refractivity contribution in [3.8, 4) is 0 Å². The van der Waals surface area contributed by atoms with Gasteiger partial charge in [-0.05, 0) is 64.2 Å². The molecular formula is C39H72N6O12. The maximum Gasteiger partial charge on any atom is 0.326 e. The Morgan fingerprint density at radius 1 is 0.421 bits per heavy atom. The van der Waals surface area contributed by atoms with Crippen LogP contribution in [0.5, 0.6) is 0 Å². The molecule has 0 rings (SSSR count). The minimum Gasteiger partial charge on any atom is -0.481 e. The number of amides is 4. The molecular weight excluding hydrogens is 744 g/mol. The SMILES string of the molecule is NN[C@@H](CCCCNC(=O)CC[C@H](NC(=O)CCC(=O)NCCCOCCCCOCCCNC(=O)CCCCCCCCCCCCC(=O)O)C(=O)O)C(=O)O. The van der Waals surface area contributed by atoms with Gasteiger partial charge in [0.05, 0.1) is 0 Å². The van der Waals surface area contributed by atoms with Crippen molar-refractivity contribution < 1.29 is 58.4 Å². The highest BCUT2D eigenvalue weighted by atomic mass is 16.5. The molecule has 0 radical (unpaired) electrons. The third-order valence-electron chi connectivity index (χ3n) is 9.06. The highest BCUT2D eigenvalue weighted by Gasteiger charge is 2.21. The fraction of sp³-hybridized carbons (Fsp3) is 0.821. The summed E-state index contributed by atoms with van der Waals surface area (Å²) in [5.74, 6) is 0.829. The standard InChI is InChI=1S/C39H72N6O12/c40-45-32(39(54)55)17-11-12-24-41-34(47)21-20-31(38(52)53)44-36(49)23-22-35(48)43-26-16-30-57-28-14-13-27-56-29-15-25-42-33(46)18-9-7-5-3-1-2-4-6-8-10-19-37(50)51/h31-32,45H,1-30,40H2,(H,41,47)(H,42,46)(H,43,48)(H,44,49)(H,50,51)(H,52,53)(H,54,55)/t31-,32-/m0/s1. The lowest BCUT2D eigenvalue weighted by Crippen LogP contribution is -2.42. The Morgan fingerprint density at radius 3 is 1.33 bits per heavy atom. The zero-order valence-corrected chi connectivity index (χ0v) is 34.0. The van der Waals surface area contributed by atoms with Crippen LogP contribution in [0, 0.1) is 0 Å². The van der Waals surface area contributed by atoms with Gasteiger partial charge in [-0.15, -0.1) is 0 Å². The molecule has 0 aliphatic rings. The minimum atomic E-state index is -1.29. The van der Waals surface area contributed by atoms with Gasteiger partial charge in [-0.2, -0.15) is 0 Å². The van der Waals surface area contributed by atoms with Crippen molar-refractivity contribution in [2.24, 2.45) is 5.84 Å². The second-order valence-electron chi connectivity index (χ2n) is 14.2. The summed E-state index contributed by atoms with van der Waals surface area (Å²) in [6.07, 6.45) is 15.3. The van der Waals surface area contributed by atoms with Gasteiger partial charge < -0.3 is 46.1 Å². The number of hydrazine groups is 1. The van der Waals surface area contributed by atoms with E-state index in [-0.39, 0.29) is 50.5 Å². The van der Waals surface area contributed by atoms with E-state index in [1.807, 2.05) is 0 Å². The van der Waals surface area contributed by atoms with Gasteiger partial charge in [0.15, 0.2) is 0 Å². The maximum atomic E-state index is 12.2. The summed E-state index contributed by atoms with van der Waals surface area (Å²) in [4.78, 5) is 81.4. The molecule has 330 valence electrons. The fourth-order valence-electron chi connectivity index (χ4n) is 5.66. The number of hydrogen-bond donors (Lipinski definition) is 9. The zero-order chi connectivity index (χ0) is 42.4. The van der Waals surface area contributed by atoms with E-state index in [1.165, 1.54) is 19.3 Å². The summed E-state index contributed by atoms with van der Waals surface area (Å²) < 4.78 is 11.2. The van der Waals surface area contributed by atoms with Gasteiger partial charge in [-0.25, -0.2) is 10.2 Å². The van der Waals surface area contributed by atoms with Crippen molar-refractivity contribution in [2.45, 2.75) is 160 Å². The predicted molar refractivity (Wildman–Crippen MR) is 213 cm³/mol. The van der Waals surface area contributed by atoms with Crippen LogP contribution in [0.2, 0.25) is 0 Å². The quantitative estimate of drug-likeness (QED) is 0.0244. The van der Waals surface area contributed by atoms with Crippen LogP contribution in [0.25, 0.3) is 0 Å². The number of nitrogens with one attached hydrogen (secondary N) is 5. The van der Waals surface area contributed by atoms with E-state index in [0.717, 1.165) is 64.2 Å². The number of carbonyl (C=O) groups excluding carboxylic acids is 4. The lowest BCUT2D eigenvalue weighted by molar-refractivity contribution is -0.142. The largest absolute Gasteiger partial charge is 0.481 e. The van der Waals surface area contributed by atoms with Gasteiger partial charge in [-0.1, -0.05) is 51.4 Å². The molecule has 0 aromatic rings. The molecule has 4 amide bonds. The molecule has 2 atom stereocenters. The second kappa shape index (κ2) is 37.7. The number of carboxylic acid groups (broad SMARTS) is 3. The number of carbonyl (C=O) groups is 7. The maximum absolute atomic E-state index is 12.2. The Morgan fingerprint density at radius 2 is 0.842 bits per heavy atom. The molecule has 0 bridgehead atoms. The molecule has 0 saturated carbocycles. The van der Waals surface area contributed by atoms with E-state index < -0.39 is 41.8 Å². The smallest absolute Gasteiger partial charge is 0.326 e. The van der Waals surface area contributed by atoms with Gasteiger partial charge in [0.25, 0.3) is 0 Å². The van der Waals surface area contributed by atoms with Crippen molar-refractivity contribution in [3.63, 3.8) is 0 Å². The molecule has 0 aromatic carbocycles.